The molecule has 2 rings (SSSR count). The maximum atomic E-state index is 12.8. The highest BCUT2D eigenvalue weighted by molar-refractivity contribution is 5.55. The molecule has 0 fully saturated rings. The molecule has 96 valence electrons. The molecule has 0 bridgehead atoms. The number of nitrogens with two attached hydrogens (primary N) is 1. The predicted molar refractivity (Wildman–Crippen MR) is 64.7 cm³/mol. The third-order valence-corrected chi connectivity index (χ3v) is 2.87. The van der Waals surface area contributed by atoms with E-state index in [9.17, 15) is 13.2 Å². The van der Waals surface area contributed by atoms with Crippen LogP contribution in [0.3, 0.4) is 0 Å². The molecule has 0 atom stereocenters. The Morgan fingerprint density at radius 3 is 2.06 bits per heavy atom. The highest BCUT2D eigenvalue weighted by Crippen LogP contribution is 2.35. The third kappa shape index (κ3) is 2.08. The zero-order valence-corrected chi connectivity index (χ0v) is 10.0. The van der Waals surface area contributed by atoms with E-state index in [1.165, 1.54) is 6.07 Å². The molecule has 1 aromatic carbocycles. The minimum Gasteiger partial charge on any atom is -0.398 e. The van der Waals surface area contributed by atoms with Gasteiger partial charge in [-0.2, -0.15) is 13.2 Å². The fourth-order valence-corrected chi connectivity index (χ4v) is 2.00. The average molecular weight is 254 g/mol. The molecule has 0 aliphatic carbocycles. The van der Waals surface area contributed by atoms with E-state index < -0.39 is 11.7 Å². The molecule has 0 aliphatic rings. The maximum absolute atomic E-state index is 12.8. The quantitative estimate of drug-likeness (QED) is 0.773. The highest BCUT2D eigenvalue weighted by atomic mass is 19.4. The summed E-state index contributed by atoms with van der Waals surface area (Å²) in [6, 6.07) is 7.68. The molecule has 2 nitrogen and oxygen atoms in total. The number of rotatable bonds is 1. The molecule has 0 aliphatic heterocycles. The number of benzene rings is 1. The van der Waals surface area contributed by atoms with E-state index in [2.05, 4.69) is 0 Å². The fourth-order valence-electron chi connectivity index (χ4n) is 2.00. The first-order valence-corrected chi connectivity index (χ1v) is 5.43. The number of aryl methyl sites for hydroxylation is 2. The van der Waals surface area contributed by atoms with Gasteiger partial charge in [0.25, 0.3) is 0 Å². The van der Waals surface area contributed by atoms with Crippen LogP contribution in [0.15, 0.2) is 30.3 Å². The van der Waals surface area contributed by atoms with Gasteiger partial charge in [0, 0.05) is 22.8 Å². The summed E-state index contributed by atoms with van der Waals surface area (Å²) in [6.45, 7) is 3.69. The van der Waals surface area contributed by atoms with Gasteiger partial charge in [0.05, 0.1) is 5.56 Å². The molecular weight excluding hydrogens is 241 g/mol. The molecule has 18 heavy (non-hydrogen) atoms. The van der Waals surface area contributed by atoms with Gasteiger partial charge in [-0.3, -0.25) is 0 Å². The number of alkyl halides is 3. The molecule has 0 saturated carbocycles. The second kappa shape index (κ2) is 4.08. The Kier molecular flexibility index (Phi) is 2.84. The Morgan fingerprint density at radius 1 is 1.00 bits per heavy atom. The Hall–Kier alpha value is -1.91. The van der Waals surface area contributed by atoms with Crippen molar-refractivity contribution in [2.75, 3.05) is 5.73 Å². The monoisotopic (exact) mass is 254 g/mol. The lowest BCUT2D eigenvalue weighted by Crippen LogP contribution is -2.10. The number of anilines is 1. The van der Waals surface area contributed by atoms with E-state index in [1.807, 2.05) is 26.0 Å². The van der Waals surface area contributed by atoms with Crippen molar-refractivity contribution in [2.24, 2.45) is 0 Å². The second-order valence-corrected chi connectivity index (χ2v) is 4.22. The number of nitrogen functional groups attached to an aromatic ring is 1. The van der Waals surface area contributed by atoms with Crippen LogP contribution in [-0.2, 0) is 6.18 Å². The van der Waals surface area contributed by atoms with Gasteiger partial charge in [-0.1, -0.05) is 0 Å². The standard InChI is InChI=1S/C13H13F3N2/c1-8-3-4-9(2)18(8)10-5-6-12(17)11(7-10)13(14,15)16/h3-7H,17H2,1-2H3. The minimum atomic E-state index is -4.44. The third-order valence-electron chi connectivity index (χ3n) is 2.87. The van der Waals surface area contributed by atoms with E-state index in [-0.39, 0.29) is 5.69 Å². The van der Waals surface area contributed by atoms with Crippen molar-refractivity contribution in [1.82, 2.24) is 4.57 Å². The van der Waals surface area contributed by atoms with Crippen LogP contribution in [0, 0.1) is 13.8 Å². The van der Waals surface area contributed by atoms with Gasteiger partial charge in [0.1, 0.15) is 0 Å². The lowest BCUT2D eigenvalue weighted by atomic mass is 10.1. The number of aromatic nitrogens is 1. The smallest absolute Gasteiger partial charge is 0.398 e. The maximum Gasteiger partial charge on any atom is 0.418 e. The number of nitrogens with zero attached hydrogens (tertiary/aromatic N) is 1. The van der Waals surface area contributed by atoms with Crippen molar-refractivity contribution < 1.29 is 13.2 Å². The molecular formula is C13H13F3N2. The molecule has 1 aromatic heterocycles. The van der Waals surface area contributed by atoms with Crippen LogP contribution in [0.25, 0.3) is 5.69 Å². The molecule has 5 heteroatoms. The fraction of sp³-hybridized carbons (Fsp3) is 0.231. The van der Waals surface area contributed by atoms with Crippen LogP contribution in [0.1, 0.15) is 17.0 Å². The number of hydrogen-bond acceptors (Lipinski definition) is 1. The molecule has 0 radical (unpaired) electrons. The molecule has 1 heterocycles. The zero-order chi connectivity index (χ0) is 13.5. The summed E-state index contributed by atoms with van der Waals surface area (Å²) >= 11 is 0. The first-order chi connectivity index (χ1) is 8.30. The van der Waals surface area contributed by atoms with Crippen molar-refractivity contribution in [2.45, 2.75) is 20.0 Å². The van der Waals surface area contributed by atoms with Gasteiger partial charge in [-0.25, -0.2) is 0 Å². The van der Waals surface area contributed by atoms with Crippen LogP contribution in [0.2, 0.25) is 0 Å². The lowest BCUT2D eigenvalue weighted by Gasteiger charge is -2.14. The molecule has 0 saturated heterocycles. The molecule has 0 amide bonds. The topological polar surface area (TPSA) is 30.9 Å². The van der Waals surface area contributed by atoms with Crippen molar-refractivity contribution in [3.05, 3.63) is 47.3 Å². The summed E-state index contributed by atoms with van der Waals surface area (Å²) in [5, 5.41) is 0. The van der Waals surface area contributed by atoms with E-state index in [0.717, 1.165) is 17.5 Å². The molecule has 0 spiro atoms. The summed E-state index contributed by atoms with van der Waals surface area (Å²) < 4.78 is 40.1. The van der Waals surface area contributed by atoms with Gasteiger partial charge in [-0.15, -0.1) is 0 Å². The predicted octanol–water partition coefficient (Wildman–Crippen LogP) is 3.70. The van der Waals surface area contributed by atoms with E-state index >= 15 is 0 Å². The van der Waals surface area contributed by atoms with Crippen LogP contribution in [0.4, 0.5) is 18.9 Å². The number of halogens is 3. The van der Waals surface area contributed by atoms with Crippen LogP contribution < -0.4 is 5.73 Å². The zero-order valence-electron chi connectivity index (χ0n) is 10.0. The summed E-state index contributed by atoms with van der Waals surface area (Å²) in [4.78, 5) is 0. The summed E-state index contributed by atoms with van der Waals surface area (Å²) in [5.74, 6) is 0. The van der Waals surface area contributed by atoms with Crippen molar-refractivity contribution >= 4 is 5.69 Å². The average Bonchev–Trinajstić information content (AvgIpc) is 2.58. The number of hydrogen-bond donors (Lipinski definition) is 1. The summed E-state index contributed by atoms with van der Waals surface area (Å²) in [5.41, 5.74) is 6.55. The normalized spacial score (nSPS) is 11.8. The van der Waals surface area contributed by atoms with Gasteiger partial charge in [-0.05, 0) is 44.2 Å². The van der Waals surface area contributed by atoms with E-state index in [4.69, 9.17) is 5.73 Å². The Labute approximate surface area is 103 Å². The highest BCUT2D eigenvalue weighted by Gasteiger charge is 2.33. The SMILES string of the molecule is Cc1ccc(C)n1-c1ccc(N)c(C(F)(F)F)c1. The van der Waals surface area contributed by atoms with Gasteiger partial charge in [0.15, 0.2) is 0 Å². The molecule has 2 aromatic rings. The van der Waals surface area contributed by atoms with Gasteiger partial charge < -0.3 is 10.3 Å². The first-order valence-electron chi connectivity index (χ1n) is 5.43. The lowest BCUT2D eigenvalue weighted by molar-refractivity contribution is -0.136. The van der Waals surface area contributed by atoms with Crippen molar-refractivity contribution in [3.63, 3.8) is 0 Å². The molecule has 2 N–H and O–H groups in total. The van der Waals surface area contributed by atoms with E-state index in [1.54, 1.807) is 10.6 Å². The van der Waals surface area contributed by atoms with E-state index in [0.29, 0.717) is 5.69 Å². The van der Waals surface area contributed by atoms with Crippen LogP contribution in [-0.4, -0.2) is 4.57 Å². The Bertz CT molecular complexity index is 563. The first kappa shape index (κ1) is 12.5. The van der Waals surface area contributed by atoms with Gasteiger partial charge >= 0.3 is 6.18 Å². The van der Waals surface area contributed by atoms with Crippen molar-refractivity contribution in [3.8, 4) is 5.69 Å². The van der Waals surface area contributed by atoms with Gasteiger partial charge in [0.2, 0.25) is 0 Å². The molecule has 0 unspecified atom stereocenters. The summed E-state index contributed by atoms with van der Waals surface area (Å²) in [6.07, 6.45) is -4.44. The van der Waals surface area contributed by atoms with Crippen molar-refractivity contribution in [1.29, 1.82) is 0 Å². The Balaban J connectivity index is 2.62. The van der Waals surface area contributed by atoms with Crippen LogP contribution >= 0.6 is 0 Å². The van der Waals surface area contributed by atoms with Crippen LogP contribution in [0.5, 0.6) is 0 Å². The minimum absolute atomic E-state index is 0.256. The Morgan fingerprint density at radius 2 is 1.56 bits per heavy atom. The summed E-state index contributed by atoms with van der Waals surface area (Å²) in [7, 11) is 0. The second-order valence-electron chi connectivity index (χ2n) is 4.22. The largest absolute Gasteiger partial charge is 0.418 e.